The molecule has 1 heterocycles. The lowest BCUT2D eigenvalue weighted by Crippen LogP contribution is -1.80. The van der Waals surface area contributed by atoms with Gasteiger partial charge in [0.2, 0.25) is 0 Å². The average Bonchev–Trinajstić information content (AvgIpc) is 1.80. The molecule has 0 saturated carbocycles. The van der Waals surface area contributed by atoms with Gasteiger partial charge in [0, 0.05) is 13.3 Å². The van der Waals surface area contributed by atoms with Gasteiger partial charge in [0.25, 0.3) is 0 Å². The fourth-order valence-corrected chi connectivity index (χ4v) is 2.10. The molecule has 0 radical (unpaired) electrons. The second-order valence-electron chi connectivity index (χ2n) is 1.49. The summed E-state index contributed by atoms with van der Waals surface area (Å²) in [5.41, 5.74) is 0. The van der Waals surface area contributed by atoms with E-state index >= 15 is 0 Å². The second kappa shape index (κ2) is 3.29. The molecule has 48 valence electrons. The Hall–Kier alpha value is 0.830. The summed E-state index contributed by atoms with van der Waals surface area (Å²) in [6, 6.07) is 2.04. The van der Waals surface area contributed by atoms with Crippen LogP contribution in [0.2, 0.25) is 0 Å². The van der Waals surface area contributed by atoms with E-state index < -0.39 is 0 Å². The fourth-order valence-electron chi connectivity index (χ4n) is 0.432. The van der Waals surface area contributed by atoms with Crippen molar-refractivity contribution in [3.05, 3.63) is 24.0 Å². The molecule has 1 aromatic heterocycles. The lowest BCUT2D eigenvalue weighted by Gasteiger charge is -1.90. The van der Waals surface area contributed by atoms with Crippen molar-refractivity contribution in [1.82, 2.24) is 4.98 Å². The highest BCUT2D eigenvalue weighted by molar-refractivity contribution is 14.1. The van der Waals surface area contributed by atoms with E-state index in [1.807, 2.05) is 12.3 Å². The van der Waals surface area contributed by atoms with Gasteiger partial charge in [0.15, 0.2) is 0 Å². The van der Waals surface area contributed by atoms with Crippen molar-refractivity contribution in [2.24, 2.45) is 0 Å². The molecule has 0 saturated heterocycles. The molecule has 1 nitrogen and oxygen atoms in total. The van der Waals surface area contributed by atoms with Crippen molar-refractivity contribution in [3.63, 3.8) is 0 Å². The SMILES string of the molecule is S=c1[nH]cc(I)cc1I. The lowest BCUT2D eigenvalue weighted by atomic mass is 10.5. The van der Waals surface area contributed by atoms with Gasteiger partial charge in [-0.25, -0.2) is 0 Å². The van der Waals surface area contributed by atoms with Crippen LogP contribution in [-0.4, -0.2) is 4.98 Å². The molecule has 1 aromatic rings. The first-order valence-electron chi connectivity index (χ1n) is 2.24. The molecule has 0 aliphatic carbocycles. The molecule has 1 N–H and O–H groups in total. The highest BCUT2D eigenvalue weighted by atomic mass is 127. The summed E-state index contributed by atoms with van der Waals surface area (Å²) in [6.07, 6.45) is 1.89. The van der Waals surface area contributed by atoms with E-state index in [0.29, 0.717) is 0 Å². The molecule has 1 rings (SSSR count). The Bertz CT molecular complexity index is 268. The van der Waals surface area contributed by atoms with Crippen LogP contribution < -0.4 is 0 Å². The number of hydrogen-bond donors (Lipinski definition) is 1. The topological polar surface area (TPSA) is 15.8 Å². The van der Waals surface area contributed by atoms with E-state index in [4.69, 9.17) is 12.2 Å². The number of pyridine rings is 1. The van der Waals surface area contributed by atoms with Crippen molar-refractivity contribution >= 4 is 57.4 Å². The van der Waals surface area contributed by atoms with Gasteiger partial charge in [-0.1, -0.05) is 12.2 Å². The number of aromatic amines is 1. The third-order valence-corrected chi connectivity index (χ3v) is 3.00. The summed E-state index contributed by atoms with van der Waals surface area (Å²) in [5, 5.41) is 0. The minimum atomic E-state index is 0.816. The normalized spacial score (nSPS) is 9.56. The maximum atomic E-state index is 4.95. The van der Waals surface area contributed by atoms with Crippen molar-refractivity contribution in [2.75, 3.05) is 0 Å². The highest BCUT2D eigenvalue weighted by Crippen LogP contribution is 2.08. The molecular weight excluding hydrogens is 360 g/mol. The van der Waals surface area contributed by atoms with Crippen molar-refractivity contribution in [1.29, 1.82) is 0 Å². The van der Waals surface area contributed by atoms with Crippen LogP contribution in [-0.2, 0) is 0 Å². The predicted molar refractivity (Wildman–Crippen MR) is 57.1 cm³/mol. The molecule has 0 spiro atoms. The molecule has 0 bridgehead atoms. The van der Waals surface area contributed by atoms with Gasteiger partial charge < -0.3 is 4.98 Å². The first kappa shape index (κ1) is 7.93. The maximum Gasteiger partial charge on any atom is 0.116 e. The molecule has 0 fully saturated rings. The predicted octanol–water partition coefficient (Wildman–Crippen LogP) is 2.95. The number of nitrogens with one attached hydrogen (secondary N) is 1. The maximum absolute atomic E-state index is 4.95. The van der Waals surface area contributed by atoms with Gasteiger partial charge in [0.1, 0.15) is 4.64 Å². The summed E-state index contributed by atoms with van der Waals surface area (Å²) >= 11 is 9.40. The van der Waals surface area contributed by atoms with Crippen LogP contribution in [0.3, 0.4) is 0 Å². The van der Waals surface area contributed by atoms with Crippen molar-refractivity contribution < 1.29 is 0 Å². The van der Waals surface area contributed by atoms with Gasteiger partial charge in [0.05, 0.1) is 0 Å². The van der Waals surface area contributed by atoms with E-state index in [1.165, 1.54) is 3.57 Å². The molecule has 4 heteroatoms. The van der Waals surface area contributed by atoms with Crippen LogP contribution in [0.25, 0.3) is 0 Å². The monoisotopic (exact) mass is 363 g/mol. The van der Waals surface area contributed by atoms with Gasteiger partial charge >= 0.3 is 0 Å². The number of aromatic nitrogens is 1. The number of hydrogen-bond acceptors (Lipinski definition) is 1. The Morgan fingerprint density at radius 3 is 2.56 bits per heavy atom. The molecular formula is C5H3I2NS. The van der Waals surface area contributed by atoms with E-state index in [1.54, 1.807) is 0 Å². The zero-order valence-corrected chi connectivity index (χ0v) is 9.45. The van der Waals surface area contributed by atoms with E-state index in [-0.39, 0.29) is 0 Å². The minimum absolute atomic E-state index is 0.816. The quantitative estimate of drug-likeness (QED) is 0.554. The van der Waals surface area contributed by atoms with Crippen LogP contribution >= 0.6 is 57.4 Å². The molecule has 0 atom stereocenters. The Balaban J connectivity index is 3.34. The molecule has 0 unspecified atom stereocenters. The van der Waals surface area contributed by atoms with Gasteiger partial charge in [-0.15, -0.1) is 0 Å². The van der Waals surface area contributed by atoms with E-state index in [0.717, 1.165) is 8.21 Å². The van der Waals surface area contributed by atoms with Crippen LogP contribution in [0.5, 0.6) is 0 Å². The van der Waals surface area contributed by atoms with E-state index in [9.17, 15) is 0 Å². The summed E-state index contributed by atoms with van der Waals surface area (Å²) in [7, 11) is 0. The van der Waals surface area contributed by atoms with Gasteiger partial charge in [-0.2, -0.15) is 0 Å². The van der Waals surface area contributed by atoms with Crippen LogP contribution in [0.4, 0.5) is 0 Å². The molecule has 9 heavy (non-hydrogen) atoms. The molecule has 0 aliphatic rings. The average molecular weight is 363 g/mol. The molecule has 0 aliphatic heterocycles. The van der Waals surface area contributed by atoms with E-state index in [2.05, 4.69) is 50.2 Å². The first-order chi connectivity index (χ1) is 4.20. The number of rotatable bonds is 0. The first-order valence-corrected chi connectivity index (χ1v) is 4.80. The Morgan fingerprint density at radius 1 is 1.44 bits per heavy atom. The molecule has 0 amide bonds. The summed E-state index contributed by atoms with van der Waals surface area (Å²) in [4.78, 5) is 2.97. The Morgan fingerprint density at radius 2 is 2.11 bits per heavy atom. The largest absolute Gasteiger partial charge is 0.351 e. The number of H-pyrrole nitrogens is 1. The standard InChI is InChI=1S/C5H3I2NS/c6-3-1-4(7)5(9)8-2-3/h1-2H,(H,8,9). The summed E-state index contributed by atoms with van der Waals surface area (Å²) < 4.78 is 3.11. The minimum Gasteiger partial charge on any atom is -0.351 e. The summed E-state index contributed by atoms with van der Waals surface area (Å²) in [6.45, 7) is 0. The second-order valence-corrected chi connectivity index (χ2v) is 4.31. The van der Waals surface area contributed by atoms with Crippen molar-refractivity contribution in [3.8, 4) is 0 Å². The highest BCUT2D eigenvalue weighted by Gasteiger charge is 1.89. The van der Waals surface area contributed by atoms with Gasteiger partial charge in [-0.3, -0.25) is 0 Å². The van der Waals surface area contributed by atoms with Crippen molar-refractivity contribution in [2.45, 2.75) is 0 Å². The van der Waals surface area contributed by atoms with Crippen LogP contribution in [0.1, 0.15) is 0 Å². The smallest absolute Gasteiger partial charge is 0.116 e. The lowest BCUT2D eigenvalue weighted by molar-refractivity contribution is 1.26. The number of halogens is 2. The zero-order chi connectivity index (χ0) is 6.85. The summed E-state index contributed by atoms with van der Waals surface area (Å²) in [5.74, 6) is 0. The zero-order valence-electron chi connectivity index (χ0n) is 4.32. The third kappa shape index (κ3) is 2.15. The molecule has 0 aromatic carbocycles. The Kier molecular flexibility index (Phi) is 2.90. The Labute approximate surface area is 85.5 Å². The van der Waals surface area contributed by atoms with Gasteiger partial charge in [-0.05, 0) is 51.2 Å². The fraction of sp³-hybridized carbons (Fsp3) is 0. The van der Waals surface area contributed by atoms with Crippen LogP contribution in [0.15, 0.2) is 12.3 Å². The van der Waals surface area contributed by atoms with Crippen LogP contribution in [0, 0.1) is 11.8 Å². The third-order valence-electron chi connectivity index (χ3n) is 0.823.